The van der Waals surface area contributed by atoms with E-state index in [1.165, 1.54) is 0 Å². The zero-order valence-electron chi connectivity index (χ0n) is 12.4. The van der Waals surface area contributed by atoms with E-state index in [-0.39, 0.29) is 18.6 Å². The zero-order chi connectivity index (χ0) is 16.4. The highest BCUT2D eigenvalue weighted by atomic mass is 16.4. The van der Waals surface area contributed by atoms with Crippen molar-refractivity contribution >= 4 is 23.0 Å². The van der Waals surface area contributed by atoms with Gasteiger partial charge in [-0.05, 0) is 35.9 Å². The minimum Gasteiger partial charge on any atom is -0.481 e. The lowest BCUT2D eigenvalue weighted by molar-refractivity contribution is -0.136. The first-order chi connectivity index (χ1) is 11.1. The van der Waals surface area contributed by atoms with Crippen molar-refractivity contribution in [1.29, 1.82) is 0 Å². The molecule has 0 aliphatic rings. The van der Waals surface area contributed by atoms with E-state index in [0.29, 0.717) is 11.4 Å². The molecule has 116 valence electrons. The SMILES string of the molecule is Nc1ccc(-c2cc3ccccn3c2C(=O)CCC(=O)O)cc1. The molecule has 0 saturated carbocycles. The van der Waals surface area contributed by atoms with E-state index in [9.17, 15) is 9.59 Å². The zero-order valence-corrected chi connectivity index (χ0v) is 12.4. The molecule has 0 spiro atoms. The second kappa shape index (κ2) is 5.96. The number of benzene rings is 1. The van der Waals surface area contributed by atoms with Crippen molar-refractivity contribution in [3.63, 3.8) is 0 Å². The largest absolute Gasteiger partial charge is 0.481 e. The molecule has 0 atom stereocenters. The number of aromatic nitrogens is 1. The summed E-state index contributed by atoms with van der Waals surface area (Å²) < 4.78 is 1.80. The molecule has 23 heavy (non-hydrogen) atoms. The van der Waals surface area contributed by atoms with Gasteiger partial charge in [0.1, 0.15) is 0 Å². The van der Waals surface area contributed by atoms with Crippen LogP contribution in [-0.4, -0.2) is 21.3 Å². The molecule has 3 rings (SSSR count). The van der Waals surface area contributed by atoms with Gasteiger partial charge in [-0.3, -0.25) is 9.59 Å². The Morgan fingerprint density at radius 1 is 1.04 bits per heavy atom. The number of carbonyl (C=O) groups is 2. The number of fused-ring (bicyclic) bond motifs is 1. The highest BCUT2D eigenvalue weighted by molar-refractivity contribution is 6.03. The summed E-state index contributed by atoms with van der Waals surface area (Å²) in [4.78, 5) is 23.3. The molecule has 0 amide bonds. The van der Waals surface area contributed by atoms with Gasteiger partial charge in [-0.15, -0.1) is 0 Å². The Morgan fingerprint density at radius 2 is 1.78 bits per heavy atom. The minimum atomic E-state index is -0.978. The van der Waals surface area contributed by atoms with Crippen LogP contribution < -0.4 is 5.73 Å². The summed E-state index contributed by atoms with van der Waals surface area (Å²) in [5.41, 5.74) is 9.42. The second-order valence-corrected chi connectivity index (χ2v) is 5.34. The number of hydrogen-bond donors (Lipinski definition) is 2. The molecule has 0 aliphatic carbocycles. The summed E-state index contributed by atoms with van der Waals surface area (Å²) in [7, 11) is 0. The van der Waals surface area contributed by atoms with Gasteiger partial charge in [0.25, 0.3) is 0 Å². The van der Waals surface area contributed by atoms with E-state index < -0.39 is 5.97 Å². The second-order valence-electron chi connectivity index (χ2n) is 5.34. The van der Waals surface area contributed by atoms with Crippen LogP contribution >= 0.6 is 0 Å². The quantitative estimate of drug-likeness (QED) is 0.560. The van der Waals surface area contributed by atoms with Gasteiger partial charge >= 0.3 is 5.97 Å². The smallest absolute Gasteiger partial charge is 0.303 e. The molecule has 1 aromatic carbocycles. The Kier molecular flexibility index (Phi) is 3.85. The fraction of sp³-hybridized carbons (Fsp3) is 0.111. The number of hydrogen-bond acceptors (Lipinski definition) is 3. The number of carboxylic acid groups (broad SMARTS) is 1. The number of anilines is 1. The first-order valence-electron chi connectivity index (χ1n) is 7.27. The van der Waals surface area contributed by atoms with E-state index in [0.717, 1.165) is 16.6 Å². The number of nitrogens with zero attached hydrogens (tertiary/aromatic N) is 1. The van der Waals surface area contributed by atoms with Crippen LogP contribution in [0.15, 0.2) is 54.7 Å². The Labute approximate surface area is 133 Å². The van der Waals surface area contributed by atoms with Crippen LogP contribution in [0.2, 0.25) is 0 Å². The molecule has 5 heteroatoms. The molecule has 3 N–H and O–H groups in total. The van der Waals surface area contributed by atoms with Crippen molar-refractivity contribution in [2.45, 2.75) is 12.8 Å². The maximum atomic E-state index is 12.6. The number of ketones is 1. The number of pyridine rings is 1. The average Bonchev–Trinajstić information content (AvgIpc) is 2.92. The van der Waals surface area contributed by atoms with E-state index in [1.807, 2.05) is 42.6 Å². The Balaban J connectivity index is 2.13. The van der Waals surface area contributed by atoms with Crippen LogP contribution in [0, 0.1) is 0 Å². The molecule has 0 aliphatic heterocycles. The molecule has 0 fully saturated rings. The third kappa shape index (κ3) is 2.94. The lowest BCUT2D eigenvalue weighted by atomic mass is 10.0. The Morgan fingerprint density at radius 3 is 2.48 bits per heavy atom. The molecule has 0 saturated heterocycles. The van der Waals surface area contributed by atoms with Gasteiger partial charge in [-0.25, -0.2) is 0 Å². The maximum Gasteiger partial charge on any atom is 0.303 e. The fourth-order valence-corrected chi connectivity index (χ4v) is 2.63. The number of rotatable bonds is 5. The summed E-state index contributed by atoms with van der Waals surface area (Å²) in [6.07, 6.45) is 1.60. The van der Waals surface area contributed by atoms with Crippen LogP contribution in [0.3, 0.4) is 0 Å². The Hall–Kier alpha value is -3.08. The van der Waals surface area contributed by atoms with Crippen LogP contribution in [0.1, 0.15) is 23.3 Å². The first kappa shape index (κ1) is 14.8. The van der Waals surface area contributed by atoms with Crippen molar-refractivity contribution < 1.29 is 14.7 Å². The summed E-state index contributed by atoms with van der Waals surface area (Å²) in [5.74, 6) is -1.17. The van der Waals surface area contributed by atoms with Gasteiger partial charge in [-0.1, -0.05) is 18.2 Å². The highest BCUT2D eigenvalue weighted by Crippen LogP contribution is 2.29. The van der Waals surface area contributed by atoms with Gasteiger partial charge in [0.05, 0.1) is 12.1 Å². The van der Waals surface area contributed by atoms with Gasteiger partial charge < -0.3 is 15.2 Å². The van der Waals surface area contributed by atoms with Crippen LogP contribution in [0.25, 0.3) is 16.6 Å². The average molecular weight is 308 g/mol. The number of nitrogen functional groups attached to an aromatic ring is 1. The summed E-state index contributed by atoms with van der Waals surface area (Å²) >= 11 is 0. The summed E-state index contributed by atoms with van der Waals surface area (Å²) in [6, 6.07) is 14.9. The predicted octanol–water partition coefficient (Wildman–Crippen LogP) is 3.24. The Bertz CT molecular complexity index is 879. The third-order valence-corrected chi connectivity index (χ3v) is 3.73. The third-order valence-electron chi connectivity index (χ3n) is 3.73. The standard InChI is InChI=1S/C18H16N2O3/c19-13-6-4-12(5-7-13)15-11-14-3-1-2-10-20(14)18(15)16(21)8-9-17(22)23/h1-7,10-11H,8-9,19H2,(H,22,23). The van der Waals surface area contributed by atoms with Crippen LogP contribution in [-0.2, 0) is 4.79 Å². The van der Waals surface area contributed by atoms with E-state index in [4.69, 9.17) is 10.8 Å². The molecule has 2 aromatic heterocycles. The lowest BCUT2D eigenvalue weighted by Gasteiger charge is -2.06. The molecule has 5 nitrogen and oxygen atoms in total. The molecule has 0 radical (unpaired) electrons. The van der Waals surface area contributed by atoms with Gasteiger partial charge in [0, 0.05) is 29.4 Å². The molecule has 2 heterocycles. The lowest BCUT2D eigenvalue weighted by Crippen LogP contribution is -2.08. The summed E-state index contributed by atoms with van der Waals surface area (Å²) in [5, 5.41) is 8.82. The van der Waals surface area contributed by atoms with E-state index >= 15 is 0 Å². The summed E-state index contributed by atoms with van der Waals surface area (Å²) in [6.45, 7) is 0. The number of nitrogens with two attached hydrogens (primary N) is 1. The highest BCUT2D eigenvalue weighted by Gasteiger charge is 2.19. The van der Waals surface area contributed by atoms with E-state index in [1.54, 1.807) is 16.5 Å². The minimum absolute atomic E-state index is 0.0295. The van der Waals surface area contributed by atoms with Crippen molar-refractivity contribution in [1.82, 2.24) is 4.40 Å². The molecular weight excluding hydrogens is 292 g/mol. The maximum absolute atomic E-state index is 12.6. The molecular formula is C18H16N2O3. The van der Waals surface area contributed by atoms with Crippen molar-refractivity contribution in [2.75, 3.05) is 5.73 Å². The number of carboxylic acids is 1. The van der Waals surface area contributed by atoms with Crippen molar-refractivity contribution in [3.8, 4) is 11.1 Å². The number of Topliss-reactive ketones (excluding diaryl/α,β-unsaturated/α-hetero) is 1. The number of carbonyl (C=O) groups excluding carboxylic acids is 1. The molecule has 0 unspecified atom stereocenters. The normalized spacial score (nSPS) is 10.8. The fourth-order valence-electron chi connectivity index (χ4n) is 2.63. The van der Waals surface area contributed by atoms with Gasteiger partial charge in [-0.2, -0.15) is 0 Å². The van der Waals surface area contributed by atoms with Gasteiger partial charge in [0.2, 0.25) is 0 Å². The van der Waals surface area contributed by atoms with Crippen molar-refractivity contribution in [3.05, 3.63) is 60.4 Å². The molecule has 0 bridgehead atoms. The van der Waals surface area contributed by atoms with Gasteiger partial charge in [0.15, 0.2) is 5.78 Å². The van der Waals surface area contributed by atoms with E-state index in [2.05, 4.69) is 0 Å². The number of aliphatic carboxylic acids is 1. The predicted molar refractivity (Wildman–Crippen MR) is 88.4 cm³/mol. The monoisotopic (exact) mass is 308 g/mol. The topological polar surface area (TPSA) is 84.8 Å². The van der Waals surface area contributed by atoms with Crippen LogP contribution in [0.5, 0.6) is 0 Å². The van der Waals surface area contributed by atoms with Crippen molar-refractivity contribution in [2.24, 2.45) is 0 Å². The molecule has 3 aromatic rings. The van der Waals surface area contributed by atoms with Crippen LogP contribution in [0.4, 0.5) is 5.69 Å². The first-order valence-corrected chi connectivity index (χ1v) is 7.27.